The molecule has 6 heterocycles. The Balaban J connectivity index is 0.690. The van der Waals surface area contributed by atoms with Crippen molar-refractivity contribution < 1.29 is 19.1 Å². The summed E-state index contributed by atoms with van der Waals surface area (Å²) in [6, 6.07) is 20.1. The number of rotatable bonds is 7. The third kappa shape index (κ3) is 7.29. The maximum absolute atomic E-state index is 13.0. The van der Waals surface area contributed by atoms with Crippen molar-refractivity contribution in [2.24, 2.45) is 5.41 Å². The molecule has 1 saturated carbocycles. The molecule has 1 spiro atoms. The van der Waals surface area contributed by atoms with Gasteiger partial charge in [0.25, 0.3) is 5.91 Å². The number of carbonyl (C=O) groups excluding carboxylic acids is 3. The second-order valence-corrected chi connectivity index (χ2v) is 16.6. The molecule has 3 fully saturated rings. The third-order valence-corrected chi connectivity index (χ3v) is 12.6. The van der Waals surface area contributed by atoms with Gasteiger partial charge in [-0.1, -0.05) is 24.0 Å². The van der Waals surface area contributed by atoms with Gasteiger partial charge in [-0.15, -0.1) is 0 Å². The number of aromatic nitrogens is 3. The van der Waals surface area contributed by atoms with Crippen molar-refractivity contribution in [2.45, 2.75) is 64.1 Å². The van der Waals surface area contributed by atoms with E-state index in [1.165, 1.54) is 12.8 Å². The molecule has 0 bridgehead atoms. The Morgan fingerprint density at radius 1 is 0.932 bits per heavy atom. The summed E-state index contributed by atoms with van der Waals surface area (Å²) < 4.78 is 5.72. The van der Waals surface area contributed by atoms with Gasteiger partial charge < -0.3 is 25.6 Å². The fourth-order valence-corrected chi connectivity index (χ4v) is 9.39. The number of fused-ring (bicyclic) bond motifs is 3. The summed E-state index contributed by atoms with van der Waals surface area (Å²) in [6.45, 7) is 6.70. The summed E-state index contributed by atoms with van der Waals surface area (Å²) in [6.07, 6.45) is 9.01. The Bertz CT molecular complexity index is 2570. The smallest absolute Gasteiger partial charge is 0.255 e. The fourth-order valence-electron chi connectivity index (χ4n) is 9.39. The van der Waals surface area contributed by atoms with Gasteiger partial charge in [0.15, 0.2) is 0 Å². The quantitative estimate of drug-likeness (QED) is 0.113. The van der Waals surface area contributed by atoms with Crippen LogP contribution in [0.4, 0.5) is 23.0 Å². The van der Waals surface area contributed by atoms with Crippen LogP contribution in [0.15, 0.2) is 73.1 Å². The van der Waals surface area contributed by atoms with Gasteiger partial charge in [0.05, 0.1) is 12.1 Å². The van der Waals surface area contributed by atoms with Gasteiger partial charge in [0, 0.05) is 84.5 Å². The molecule has 0 radical (unpaired) electrons. The maximum Gasteiger partial charge on any atom is 0.255 e. The molecule has 5 aliphatic rings. The highest BCUT2D eigenvalue weighted by Crippen LogP contribution is 2.44. The number of pyridine rings is 1. The van der Waals surface area contributed by atoms with Gasteiger partial charge in [0.2, 0.25) is 23.6 Å². The van der Waals surface area contributed by atoms with Gasteiger partial charge in [-0.2, -0.15) is 0 Å². The Kier molecular flexibility index (Phi) is 9.36. The summed E-state index contributed by atoms with van der Waals surface area (Å²) in [5.41, 5.74) is 9.77. The molecule has 4 aliphatic heterocycles. The summed E-state index contributed by atoms with van der Waals surface area (Å²) in [7, 11) is 0. The van der Waals surface area contributed by atoms with Crippen LogP contribution < -0.4 is 26.0 Å². The van der Waals surface area contributed by atoms with E-state index in [-0.39, 0.29) is 18.2 Å². The third-order valence-electron chi connectivity index (χ3n) is 12.6. The molecular formula is C46H45N9O4. The minimum Gasteiger partial charge on any atom is -0.474 e. The van der Waals surface area contributed by atoms with Crippen LogP contribution in [0, 0.1) is 24.2 Å². The number of benzene rings is 3. The first kappa shape index (κ1) is 36.8. The number of amides is 3. The van der Waals surface area contributed by atoms with E-state index >= 15 is 0 Å². The Morgan fingerprint density at radius 3 is 2.59 bits per heavy atom. The summed E-state index contributed by atoms with van der Waals surface area (Å²) in [5, 5.41) is 13.9. The molecule has 1 atom stereocenters. The lowest BCUT2D eigenvalue weighted by Crippen LogP contribution is -2.58. The van der Waals surface area contributed by atoms with Crippen molar-refractivity contribution in [3.63, 3.8) is 0 Å². The van der Waals surface area contributed by atoms with E-state index in [9.17, 15) is 14.4 Å². The molecule has 3 aromatic carbocycles. The predicted octanol–water partition coefficient (Wildman–Crippen LogP) is 6.02. The number of likely N-dealkylation sites (tertiary alicyclic amines) is 1. The average Bonchev–Trinajstić information content (AvgIpc) is 3.56. The number of carbonyl (C=O) groups is 3. The molecule has 1 aliphatic carbocycles. The second kappa shape index (κ2) is 15.0. The highest BCUT2D eigenvalue weighted by atomic mass is 16.5. The zero-order valence-corrected chi connectivity index (χ0v) is 32.9. The molecule has 10 rings (SSSR count). The van der Waals surface area contributed by atoms with Crippen LogP contribution in [-0.4, -0.2) is 87.3 Å². The largest absolute Gasteiger partial charge is 0.474 e. The SMILES string of the molecule is Cc1c(-c2ccc3cnc(Nc4ccc(NC5CCC6(CC5)CN(CC#Cc5ccc7c(c5)CN(C5CCC(=O)NC5=O)C7=O)C6)cc4)nc3c2)cnc2c1NCCO2. The first-order valence-corrected chi connectivity index (χ1v) is 20.5. The molecule has 3 amide bonds. The van der Waals surface area contributed by atoms with Gasteiger partial charge >= 0.3 is 0 Å². The molecule has 4 N–H and O–H groups in total. The van der Waals surface area contributed by atoms with E-state index < -0.39 is 11.9 Å². The number of nitrogens with zero attached hydrogens (tertiary/aromatic N) is 5. The van der Waals surface area contributed by atoms with E-state index in [4.69, 9.17) is 9.72 Å². The monoisotopic (exact) mass is 787 g/mol. The van der Waals surface area contributed by atoms with Crippen molar-refractivity contribution in [3.8, 4) is 28.8 Å². The minimum atomic E-state index is -0.612. The first-order chi connectivity index (χ1) is 28.8. The predicted molar refractivity (Wildman–Crippen MR) is 225 cm³/mol. The fraction of sp³-hybridized carbons (Fsp3) is 0.348. The van der Waals surface area contributed by atoms with Crippen molar-refractivity contribution in [1.82, 2.24) is 30.1 Å². The number of imide groups is 1. The molecule has 298 valence electrons. The zero-order valence-electron chi connectivity index (χ0n) is 32.9. The average molecular weight is 788 g/mol. The maximum atomic E-state index is 13.0. The van der Waals surface area contributed by atoms with Crippen LogP contribution in [-0.2, 0) is 16.1 Å². The summed E-state index contributed by atoms with van der Waals surface area (Å²) >= 11 is 0. The van der Waals surface area contributed by atoms with Crippen LogP contribution in [0.2, 0.25) is 0 Å². The number of nitrogens with one attached hydrogen (secondary N) is 4. The van der Waals surface area contributed by atoms with E-state index in [0.717, 1.165) is 88.3 Å². The van der Waals surface area contributed by atoms with Crippen molar-refractivity contribution in [3.05, 3.63) is 95.3 Å². The minimum absolute atomic E-state index is 0.164. The number of anilines is 4. The number of hydrogen-bond acceptors (Lipinski definition) is 11. The van der Waals surface area contributed by atoms with E-state index in [2.05, 4.69) is 91.3 Å². The molecule has 2 aromatic heterocycles. The van der Waals surface area contributed by atoms with E-state index in [1.807, 2.05) is 36.7 Å². The molecule has 5 aromatic rings. The summed E-state index contributed by atoms with van der Waals surface area (Å²) in [4.78, 5) is 54.9. The molecule has 2 saturated heterocycles. The van der Waals surface area contributed by atoms with E-state index in [1.54, 1.807) is 4.90 Å². The number of ether oxygens (including phenoxy) is 1. The van der Waals surface area contributed by atoms with Crippen molar-refractivity contribution >= 4 is 51.6 Å². The van der Waals surface area contributed by atoms with Crippen LogP contribution >= 0.6 is 0 Å². The van der Waals surface area contributed by atoms with Gasteiger partial charge in [0.1, 0.15) is 18.3 Å². The van der Waals surface area contributed by atoms with Gasteiger partial charge in [-0.3, -0.25) is 24.6 Å². The normalized spacial score (nSPS) is 19.8. The van der Waals surface area contributed by atoms with Gasteiger partial charge in [-0.05, 0) is 110 Å². The van der Waals surface area contributed by atoms with Gasteiger partial charge in [-0.25, -0.2) is 15.0 Å². The van der Waals surface area contributed by atoms with Crippen LogP contribution in [0.5, 0.6) is 5.88 Å². The van der Waals surface area contributed by atoms with Crippen molar-refractivity contribution in [2.75, 3.05) is 48.7 Å². The Morgan fingerprint density at radius 2 is 1.76 bits per heavy atom. The second-order valence-electron chi connectivity index (χ2n) is 16.6. The Labute approximate surface area is 342 Å². The molecule has 13 heteroatoms. The Hall–Kier alpha value is -6.52. The van der Waals surface area contributed by atoms with E-state index in [0.29, 0.717) is 55.0 Å². The summed E-state index contributed by atoms with van der Waals surface area (Å²) in [5.74, 6) is 6.99. The van der Waals surface area contributed by atoms with Crippen LogP contribution in [0.1, 0.15) is 65.6 Å². The standard InChI is InChI=1S/C46H45N9O4/c1-28-37(24-48-43-41(28)47-18-20-59-43)30-5-6-31-23-49-45(52-38(31)22-30)51-34-9-7-33(8-10-34)50-35-14-16-46(17-15-35)26-54(27-46)19-2-3-29-4-11-36-32(21-29)25-55(44(36)58)39-12-13-40(56)53-42(39)57/h4-11,21-24,35,39,47,50H,12-20,25-27H2,1H3,(H,49,51,52)(H,53,56,57). The number of hydrogen-bond donors (Lipinski definition) is 4. The molecular weight excluding hydrogens is 743 g/mol. The van der Waals surface area contributed by atoms with Crippen LogP contribution in [0.3, 0.4) is 0 Å². The zero-order chi connectivity index (χ0) is 40.1. The highest BCUT2D eigenvalue weighted by molar-refractivity contribution is 6.05. The lowest BCUT2D eigenvalue weighted by Gasteiger charge is -2.53. The molecule has 13 nitrogen and oxygen atoms in total. The van der Waals surface area contributed by atoms with Crippen LogP contribution in [0.25, 0.3) is 22.0 Å². The van der Waals surface area contributed by atoms with Crippen molar-refractivity contribution in [1.29, 1.82) is 0 Å². The number of piperidine rings is 1. The molecule has 1 unspecified atom stereocenters. The first-order valence-electron chi connectivity index (χ1n) is 20.5. The topological polar surface area (TPSA) is 154 Å². The lowest BCUT2D eigenvalue weighted by atomic mass is 9.67. The highest BCUT2D eigenvalue weighted by Gasteiger charge is 2.44. The lowest BCUT2D eigenvalue weighted by molar-refractivity contribution is -0.136. The molecule has 59 heavy (non-hydrogen) atoms.